The van der Waals surface area contributed by atoms with E-state index >= 15 is 0 Å². The van der Waals surface area contributed by atoms with Gasteiger partial charge in [-0.1, -0.05) is 12.1 Å². The van der Waals surface area contributed by atoms with Crippen LogP contribution >= 0.6 is 0 Å². The Morgan fingerprint density at radius 1 is 1.22 bits per heavy atom. The molecule has 0 aromatic heterocycles. The molecule has 2 fully saturated rings. The van der Waals surface area contributed by atoms with E-state index in [1.807, 2.05) is 12.1 Å². The molecule has 2 aliphatic rings. The van der Waals surface area contributed by atoms with Gasteiger partial charge in [0, 0.05) is 17.5 Å². The van der Waals surface area contributed by atoms with E-state index in [1.54, 1.807) is 6.92 Å². The van der Waals surface area contributed by atoms with Gasteiger partial charge in [-0.2, -0.15) is 0 Å². The quantitative estimate of drug-likeness (QED) is 0.833. The molecule has 5 nitrogen and oxygen atoms in total. The average molecular weight is 315 g/mol. The van der Waals surface area contributed by atoms with Crippen molar-refractivity contribution in [2.75, 3.05) is 19.6 Å². The maximum Gasteiger partial charge on any atom is 0.251 e. The van der Waals surface area contributed by atoms with Crippen molar-refractivity contribution in [3.05, 3.63) is 35.4 Å². The second kappa shape index (κ2) is 6.32. The lowest BCUT2D eigenvalue weighted by molar-refractivity contribution is -0.119. The third-order valence-corrected chi connectivity index (χ3v) is 5.11. The zero-order valence-electron chi connectivity index (χ0n) is 13.7. The lowest BCUT2D eigenvalue weighted by atomic mass is 9.94. The zero-order valence-corrected chi connectivity index (χ0v) is 13.7. The molecule has 1 heterocycles. The van der Waals surface area contributed by atoms with Gasteiger partial charge in [-0.15, -0.1) is 0 Å². The molecular formula is C18H25N3O2. The van der Waals surface area contributed by atoms with Crippen LogP contribution in [0.5, 0.6) is 0 Å². The summed E-state index contributed by atoms with van der Waals surface area (Å²) in [6.07, 6.45) is 5.09. The van der Waals surface area contributed by atoms with Gasteiger partial charge < -0.3 is 16.0 Å². The predicted octanol–water partition coefficient (Wildman–Crippen LogP) is 1.42. The molecule has 1 aromatic rings. The summed E-state index contributed by atoms with van der Waals surface area (Å²) in [6, 6.07) is 7.16. The monoisotopic (exact) mass is 315 g/mol. The molecule has 3 N–H and O–H groups in total. The molecule has 1 atom stereocenters. The Bertz CT molecular complexity index is 587. The second-order valence-electron chi connectivity index (χ2n) is 6.94. The second-order valence-corrected chi connectivity index (χ2v) is 6.94. The normalized spacial score (nSPS) is 20.9. The van der Waals surface area contributed by atoms with E-state index in [4.69, 9.17) is 5.73 Å². The minimum atomic E-state index is -0.660. The molecule has 2 amide bonds. The summed E-state index contributed by atoms with van der Waals surface area (Å²) >= 11 is 0. The van der Waals surface area contributed by atoms with Gasteiger partial charge in [0.2, 0.25) is 5.91 Å². The van der Waals surface area contributed by atoms with E-state index in [0.717, 1.165) is 6.54 Å². The van der Waals surface area contributed by atoms with Crippen LogP contribution in [0, 0.1) is 0 Å². The fourth-order valence-electron chi connectivity index (χ4n) is 3.38. The zero-order chi connectivity index (χ0) is 16.4. The van der Waals surface area contributed by atoms with Crippen molar-refractivity contribution in [1.29, 1.82) is 0 Å². The number of rotatable bonds is 6. The maximum absolute atomic E-state index is 12.1. The molecule has 1 unspecified atom stereocenters. The molecule has 23 heavy (non-hydrogen) atoms. The van der Waals surface area contributed by atoms with E-state index in [9.17, 15) is 9.59 Å². The summed E-state index contributed by atoms with van der Waals surface area (Å²) in [7, 11) is 0. The summed E-state index contributed by atoms with van der Waals surface area (Å²) in [6.45, 7) is 5.15. The Balaban J connectivity index is 1.65. The van der Waals surface area contributed by atoms with Crippen LogP contribution in [0.4, 0.5) is 0 Å². The number of benzene rings is 1. The van der Waals surface area contributed by atoms with Crippen LogP contribution in [0.2, 0.25) is 0 Å². The Labute approximate surface area is 137 Å². The summed E-state index contributed by atoms with van der Waals surface area (Å²) in [4.78, 5) is 25.7. The molecule has 1 aliphatic heterocycles. The molecule has 1 saturated heterocycles. The first-order chi connectivity index (χ1) is 11.0. The van der Waals surface area contributed by atoms with Crippen molar-refractivity contribution in [2.45, 2.75) is 44.1 Å². The van der Waals surface area contributed by atoms with E-state index in [0.29, 0.717) is 11.0 Å². The van der Waals surface area contributed by atoms with Crippen LogP contribution in [0.25, 0.3) is 0 Å². The van der Waals surface area contributed by atoms with Crippen molar-refractivity contribution < 1.29 is 9.59 Å². The number of nitrogens with one attached hydrogen (secondary N) is 1. The van der Waals surface area contributed by atoms with Crippen molar-refractivity contribution in [1.82, 2.24) is 10.2 Å². The number of amides is 2. The highest BCUT2D eigenvalue weighted by atomic mass is 16.2. The minimum absolute atomic E-state index is 0.257. The number of carbonyl (C=O) groups is 2. The molecule has 3 rings (SSSR count). The van der Waals surface area contributed by atoms with Crippen LogP contribution in [0.15, 0.2) is 24.3 Å². The molecule has 1 saturated carbocycles. The third kappa shape index (κ3) is 3.55. The Morgan fingerprint density at radius 2 is 1.83 bits per heavy atom. The van der Waals surface area contributed by atoms with E-state index < -0.39 is 11.9 Å². The summed E-state index contributed by atoms with van der Waals surface area (Å²) in [5.41, 5.74) is 7.35. The van der Waals surface area contributed by atoms with Gasteiger partial charge >= 0.3 is 0 Å². The fraction of sp³-hybridized carbons (Fsp3) is 0.556. The van der Waals surface area contributed by atoms with Crippen molar-refractivity contribution in [3.8, 4) is 0 Å². The number of likely N-dealkylation sites (tertiary alicyclic amines) is 1. The molecule has 5 heteroatoms. The average Bonchev–Trinajstić information content (AvgIpc) is 3.13. The first-order valence-corrected chi connectivity index (χ1v) is 8.43. The first-order valence-electron chi connectivity index (χ1n) is 8.43. The Kier molecular flexibility index (Phi) is 4.39. The summed E-state index contributed by atoms with van der Waals surface area (Å²) in [5, 5.41) is 2.61. The number of nitrogens with zero attached hydrogens (tertiary/aromatic N) is 1. The molecule has 0 bridgehead atoms. The van der Waals surface area contributed by atoms with Gasteiger partial charge in [0.15, 0.2) is 0 Å². The van der Waals surface area contributed by atoms with Gasteiger partial charge in [0.05, 0.1) is 0 Å². The van der Waals surface area contributed by atoms with Crippen LogP contribution in [0.1, 0.15) is 48.5 Å². The van der Waals surface area contributed by atoms with E-state index in [2.05, 4.69) is 22.3 Å². The molecule has 0 radical (unpaired) electrons. The Morgan fingerprint density at radius 3 is 2.35 bits per heavy atom. The number of hydrogen-bond donors (Lipinski definition) is 2. The van der Waals surface area contributed by atoms with E-state index in [-0.39, 0.29) is 5.91 Å². The van der Waals surface area contributed by atoms with Crippen LogP contribution in [0.3, 0.4) is 0 Å². The van der Waals surface area contributed by atoms with Gasteiger partial charge in [0.1, 0.15) is 6.04 Å². The number of carbonyl (C=O) groups excluding carboxylic acids is 2. The molecule has 1 aromatic carbocycles. The predicted molar refractivity (Wildman–Crippen MR) is 89.2 cm³/mol. The summed E-state index contributed by atoms with van der Waals surface area (Å²) in [5.74, 6) is -0.787. The van der Waals surface area contributed by atoms with Gasteiger partial charge in [0.25, 0.3) is 5.91 Å². The molecule has 1 aliphatic carbocycles. The number of nitrogens with two attached hydrogens (primary N) is 1. The number of primary amides is 1. The van der Waals surface area contributed by atoms with Crippen molar-refractivity contribution in [3.63, 3.8) is 0 Å². The largest absolute Gasteiger partial charge is 0.368 e. The first kappa shape index (κ1) is 16.0. The highest BCUT2D eigenvalue weighted by molar-refractivity contribution is 5.97. The molecule has 0 spiro atoms. The standard InChI is InChI=1S/C18H25N3O2/c1-13(16(19)22)20-17(23)14-4-6-15(7-5-14)18(8-9-18)12-21-10-2-3-11-21/h4-7,13H,2-3,8-12H2,1H3,(H2,19,22)(H,20,23). The lowest BCUT2D eigenvalue weighted by Gasteiger charge is -2.23. The van der Waals surface area contributed by atoms with E-state index in [1.165, 1.54) is 44.3 Å². The fourth-order valence-corrected chi connectivity index (χ4v) is 3.38. The van der Waals surface area contributed by atoms with Crippen molar-refractivity contribution in [2.24, 2.45) is 5.73 Å². The lowest BCUT2D eigenvalue weighted by Crippen LogP contribution is -2.42. The highest BCUT2D eigenvalue weighted by Crippen LogP contribution is 2.49. The topological polar surface area (TPSA) is 75.4 Å². The van der Waals surface area contributed by atoms with Crippen LogP contribution in [-0.2, 0) is 10.2 Å². The summed E-state index contributed by atoms with van der Waals surface area (Å²) < 4.78 is 0. The Hall–Kier alpha value is -1.88. The number of hydrogen-bond acceptors (Lipinski definition) is 3. The van der Waals surface area contributed by atoms with Crippen molar-refractivity contribution >= 4 is 11.8 Å². The smallest absolute Gasteiger partial charge is 0.251 e. The molecular weight excluding hydrogens is 290 g/mol. The SMILES string of the molecule is CC(NC(=O)c1ccc(C2(CN3CCCC3)CC2)cc1)C(N)=O. The van der Waals surface area contributed by atoms with Crippen LogP contribution < -0.4 is 11.1 Å². The van der Waals surface area contributed by atoms with Gasteiger partial charge in [-0.05, 0) is 63.4 Å². The minimum Gasteiger partial charge on any atom is -0.368 e. The molecule has 124 valence electrons. The third-order valence-electron chi connectivity index (χ3n) is 5.11. The van der Waals surface area contributed by atoms with Crippen LogP contribution in [-0.4, -0.2) is 42.4 Å². The maximum atomic E-state index is 12.1. The highest BCUT2D eigenvalue weighted by Gasteiger charge is 2.45. The van der Waals surface area contributed by atoms with Gasteiger partial charge in [-0.3, -0.25) is 9.59 Å². The van der Waals surface area contributed by atoms with Gasteiger partial charge in [-0.25, -0.2) is 0 Å².